The Morgan fingerprint density at radius 3 is 2.48 bits per heavy atom. The van der Waals surface area contributed by atoms with Crippen LogP contribution in [0.3, 0.4) is 0 Å². The van der Waals surface area contributed by atoms with Gasteiger partial charge < -0.3 is 19.7 Å². The van der Waals surface area contributed by atoms with Crippen LogP contribution in [0.15, 0.2) is 48.5 Å². The minimum atomic E-state index is -0.573. The summed E-state index contributed by atoms with van der Waals surface area (Å²) in [5.74, 6) is 0.955. The Bertz CT molecular complexity index is 842. The van der Waals surface area contributed by atoms with E-state index in [1.807, 2.05) is 55.5 Å². The van der Waals surface area contributed by atoms with E-state index in [0.29, 0.717) is 31.0 Å². The van der Waals surface area contributed by atoms with Gasteiger partial charge >= 0.3 is 0 Å². The summed E-state index contributed by atoms with van der Waals surface area (Å²) < 4.78 is 12.1. The van der Waals surface area contributed by atoms with Crippen molar-refractivity contribution < 1.29 is 19.1 Å². The van der Waals surface area contributed by atoms with Gasteiger partial charge in [-0.15, -0.1) is 0 Å². The summed E-state index contributed by atoms with van der Waals surface area (Å²) in [6, 6.07) is 14.5. The van der Waals surface area contributed by atoms with Gasteiger partial charge in [0.25, 0.3) is 5.91 Å². The molecule has 2 aromatic carbocycles. The van der Waals surface area contributed by atoms with Gasteiger partial charge in [0.1, 0.15) is 17.5 Å². The van der Waals surface area contributed by atoms with Crippen LogP contribution in [0, 0.1) is 3.57 Å². The lowest BCUT2D eigenvalue weighted by Gasteiger charge is -2.30. The number of unbranched alkanes of at least 4 members (excludes halogenated alkanes) is 1. The maximum Gasteiger partial charge on any atom is 0.261 e. The molecule has 2 rings (SSSR count). The molecule has 168 valence electrons. The van der Waals surface area contributed by atoms with Crippen molar-refractivity contribution in [3.8, 4) is 11.5 Å². The highest BCUT2D eigenvalue weighted by atomic mass is 127. The lowest BCUT2D eigenvalue weighted by Crippen LogP contribution is -2.50. The SMILES string of the molecule is CCCCNC(=O)C(CC)N(Cc1cccc(OC)c1)C(=O)COc1ccc(I)cc1. The second-order valence-corrected chi connectivity index (χ2v) is 8.43. The number of ether oxygens (including phenoxy) is 2. The molecular weight excluding hydrogens is 507 g/mol. The Hall–Kier alpha value is -2.29. The molecule has 31 heavy (non-hydrogen) atoms. The summed E-state index contributed by atoms with van der Waals surface area (Å²) in [6.45, 7) is 4.75. The van der Waals surface area contributed by atoms with E-state index in [9.17, 15) is 9.59 Å². The van der Waals surface area contributed by atoms with Crippen LogP contribution in [0.2, 0.25) is 0 Å². The van der Waals surface area contributed by atoms with E-state index in [-0.39, 0.29) is 18.4 Å². The summed E-state index contributed by atoms with van der Waals surface area (Å²) in [5.41, 5.74) is 0.891. The predicted octanol–water partition coefficient (Wildman–Crippen LogP) is 4.40. The van der Waals surface area contributed by atoms with Crippen LogP contribution in [0.4, 0.5) is 0 Å². The van der Waals surface area contributed by atoms with Gasteiger partial charge in [-0.05, 0) is 77.4 Å². The highest BCUT2D eigenvalue weighted by Gasteiger charge is 2.28. The summed E-state index contributed by atoms with van der Waals surface area (Å²) in [4.78, 5) is 27.6. The predicted molar refractivity (Wildman–Crippen MR) is 130 cm³/mol. The zero-order valence-corrected chi connectivity index (χ0v) is 20.6. The van der Waals surface area contributed by atoms with Crippen LogP contribution in [0.5, 0.6) is 11.5 Å². The molecule has 2 aromatic rings. The normalized spacial score (nSPS) is 11.5. The third-order valence-corrected chi connectivity index (χ3v) is 5.60. The van der Waals surface area contributed by atoms with Gasteiger partial charge in [0.2, 0.25) is 5.91 Å². The quantitative estimate of drug-likeness (QED) is 0.322. The lowest BCUT2D eigenvalue weighted by atomic mass is 10.1. The van der Waals surface area contributed by atoms with Crippen molar-refractivity contribution in [2.75, 3.05) is 20.3 Å². The Labute approximate surface area is 198 Å². The van der Waals surface area contributed by atoms with Crippen molar-refractivity contribution in [2.24, 2.45) is 0 Å². The fourth-order valence-electron chi connectivity index (χ4n) is 3.15. The van der Waals surface area contributed by atoms with Crippen LogP contribution in [0.25, 0.3) is 0 Å². The number of amides is 2. The molecule has 7 heteroatoms. The number of nitrogens with one attached hydrogen (secondary N) is 1. The number of nitrogens with zero attached hydrogens (tertiary/aromatic N) is 1. The van der Waals surface area contributed by atoms with Crippen molar-refractivity contribution in [1.82, 2.24) is 10.2 Å². The fraction of sp³-hybridized carbons (Fsp3) is 0.417. The van der Waals surface area contributed by atoms with Crippen molar-refractivity contribution in [1.29, 1.82) is 0 Å². The molecule has 0 saturated heterocycles. The second-order valence-electron chi connectivity index (χ2n) is 7.18. The number of benzene rings is 2. The lowest BCUT2D eigenvalue weighted by molar-refractivity contribution is -0.143. The summed E-state index contributed by atoms with van der Waals surface area (Å²) in [5, 5.41) is 2.96. The van der Waals surface area contributed by atoms with E-state index in [1.165, 1.54) is 0 Å². The van der Waals surface area contributed by atoms with E-state index < -0.39 is 6.04 Å². The minimum absolute atomic E-state index is 0.136. The van der Waals surface area contributed by atoms with Gasteiger partial charge in [0, 0.05) is 16.7 Å². The van der Waals surface area contributed by atoms with Crippen LogP contribution < -0.4 is 14.8 Å². The van der Waals surface area contributed by atoms with Crippen molar-refractivity contribution in [3.63, 3.8) is 0 Å². The zero-order valence-electron chi connectivity index (χ0n) is 18.4. The molecule has 2 amide bonds. The topological polar surface area (TPSA) is 67.9 Å². The van der Waals surface area contributed by atoms with Crippen molar-refractivity contribution in [2.45, 2.75) is 45.7 Å². The van der Waals surface area contributed by atoms with Crippen LogP contribution in [-0.2, 0) is 16.1 Å². The first-order chi connectivity index (χ1) is 15.0. The monoisotopic (exact) mass is 538 g/mol. The van der Waals surface area contributed by atoms with E-state index >= 15 is 0 Å². The van der Waals surface area contributed by atoms with E-state index in [1.54, 1.807) is 12.0 Å². The van der Waals surface area contributed by atoms with E-state index in [4.69, 9.17) is 9.47 Å². The average molecular weight is 538 g/mol. The molecule has 6 nitrogen and oxygen atoms in total. The van der Waals surface area contributed by atoms with Gasteiger partial charge in [0.15, 0.2) is 6.61 Å². The highest BCUT2D eigenvalue weighted by molar-refractivity contribution is 14.1. The van der Waals surface area contributed by atoms with Gasteiger partial charge in [0.05, 0.1) is 7.11 Å². The van der Waals surface area contributed by atoms with Crippen LogP contribution in [-0.4, -0.2) is 43.0 Å². The fourth-order valence-corrected chi connectivity index (χ4v) is 3.51. The summed E-state index contributed by atoms with van der Waals surface area (Å²) in [7, 11) is 1.60. The molecule has 1 atom stereocenters. The Kier molecular flexibility index (Phi) is 10.6. The van der Waals surface area contributed by atoms with E-state index in [0.717, 1.165) is 22.0 Å². The third kappa shape index (κ3) is 8.05. The largest absolute Gasteiger partial charge is 0.497 e. The average Bonchev–Trinajstić information content (AvgIpc) is 2.78. The molecular formula is C24H31IN2O4. The van der Waals surface area contributed by atoms with Crippen LogP contribution in [0.1, 0.15) is 38.7 Å². The maximum absolute atomic E-state index is 13.2. The molecule has 0 radical (unpaired) electrons. The van der Waals surface area contributed by atoms with Gasteiger partial charge in [-0.1, -0.05) is 32.4 Å². The molecule has 0 aliphatic rings. The summed E-state index contributed by atoms with van der Waals surface area (Å²) in [6.07, 6.45) is 2.41. The molecule has 0 aliphatic carbocycles. The van der Waals surface area contributed by atoms with Gasteiger partial charge in [-0.25, -0.2) is 0 Å². The molecule has 0 aliphatic heterocycles. The number of halogens is 1. The molecule has 0 aromatic heterocycles. The Morgan fingerprint density at radius 2 is 1.84 bits per heavy atom. The number of hydrogen-bond donors (Lipinski definition) is 1. The number of rotatable bonds is 12. The molecule has 0 spiro atoms. The molecule has 0 heterocycles. The first kappa shape index (κ1) is 25.0. The minimum Gasteiger partial charge on any atom is -0.497 e. The first-order valence-electron chi connectivity index (χ1n) is 10.6. The summed E-state index contributed by atoms with van der Waals surface area (Å²) >= 11 is 2.22. The smallest absolute Gasteiger partial charge is 0.261 e. The molecule has 1 unspecified atom stereocenters. The highest BCUT2D eigenvalue weighted by Crippen LogP contribution is 2.18. The van der Waals surface area contributed by atoms with Crippen molar-refractivity contribution >= 4 is 34.4 Å². The maximum atomic E-state index is 13.2. The standard InChI is InChI=1S/C24H31IN2O4/c1-4-6-14-26-24(29)22(5-2)27(16-18-8-7-9-21(15-18)30-3)23(28)17-31-20-12-10-19(25)11-13-20/h7-13,15,22H,4-6,14,16-17H2,1-3H3,(H,26,29). The van der Waals surface area contributed by atoms with E-state index in [2.05, 4.69) is 34.8 Å². The first-order valence-corrected chi connectivity index (χ1v) is 11.6. The van der Waals surface area contributed by atoms with Crippen molar-refractivity contribution in [3.05, 3.63) is 57.7 Å². The molecule has 0 fully saturated rings. The number of methoxy groups -OCH3 is 1. The second kappa shape index (κ2) is 13.2. The molecule has 0 bridgehead atoms. The number of carbonyl (C=O) groups excluding carboxylic acids is 2. The van der Waals surface area contributed by atoms with Gasteiger partial charge in [-0.3, -0.25) is 9.59 Å². The Morgan fingerprint density at radius 1 is 1.10 bits per heavy atom. The van der Waals surface area contributed by atoms with Gasteiger partial charge in [-0.2, -0.15) is 0 Å². The molecule has 0 saturated carbocycles. The number of hydrogen-bond acceptors (Lipinski definition) is 4. The third-order valence-electron chi connectivity index (χ3n) is 4.88. The van der Waals surface area contributed by atoms with Crippen LogP contribution >= 0.6 is 22.6 Å². The Balaban J connectivity index is 2.18. The number of carbonyl (C=O) groups is 2. The zero-order chi connectivity index (χ0) is 22.6. The molecule has 1 N–H and O–H groups in total.